The first-order valence-electron chi connectivity index (χ1n) is 32.0. The monoisotopic (exact) mass is 1350 g/mol. The number of esters is 2. The van der Waals surface area contributed by atoms with Crippen LogP contribution in [-0.2, 0) is 43.1 Å². The molecule has 8 rings (SSSR count). The van der Waals surface area contributed by atoms with Gasteiger partial charge < -0.3 is 59.4 Å². The van der Waals surface area contributed by atoms with Crippen LogP contribution in [0.25, 0.3) is 0 Å². The predicted octanol–water partition coefficient (Wildman–Crippen LogP) is 12.7. The second-order valence-corrected chi connectivity index (χ2v) is 27.3. The zero-order valence-corrected chi connectivity index (χ0v) is 58.1. The summed E-state index contributed by atoms with van der Waals surface area (Å²) < 4.78 is 25.9. The molecule has 0 unspecified atom stereocenters. The molecule has 5 atom stereocenters. The van der Waals surface area contributed by atoms with E-state index in [9.17, 15) is 28.8 Å². The molecule has 5 aliphatic rings. The lowest BCUT2D eigenvalue weighted by molar-refractivity contribution is -0.153. The summed E-state index contributed by atoms with van der Waals surface area (Å²) in [6.07, 6.45) is 14.6. The molecular formula is C69H96Cl3N7O14. The van der Waals surface area contributed by atoms with Crippen molar-refractivity contribution >= 4 is 87.5 Å². The Bertz CT molecular complexity index is 3100. The number of amides is 4. The normalized spacial score (nSPS) is 19.9. The SMILES string of the molecule is C=C1C[C@@H](C(=O)OC)N(C(=O)[C@@H](NC(=O)CC2CCCCC2)C(C)(C)C)C1.CCOc1ccc(C(Cl)=NO)cc1Cl.CCOc1ccc(C2=NO[C@]3(C2)C[C@@H](C(=O)OC)N(C(=O)[C@@H](NC(=O)CC2CCCCC2)C(C)(C)C)C3)cc1Cl.CCOc1ccc(C=NO)cc1. The third-order valence-electron chi connectivity index (χ3n) is 16.8. The largest absolute Gasteiger partial charge is 0.494 e. The molecule has 0 bridgehead atoms. The summed E-state index contributed by atoms with van der Waals surface area (Å²) >= 11 is 17.9. The maximum absolute atomic E-state index is 14.1. The van der Waals surface area contributed by atoms with E-state index >= 15 is 0 Å². The Morgan fingerprint density at radius 1 is 0.710 bits per heavy atom. The van der Waals surface area contributed by atoms with Gasteiger partial charge in [-0.2, -0.15) is 0 Å². The summed E-state index contributed by atoms with van der Waals surface area (Å²) in [7, 11) is 2.63. The van der Waals surface area contributed by atoms with Crippen LogP contribution in [0.2, 0.25) is 10.0 Å². The summed E-state index contributed by atoms with van der Waals surface area (Å²) in [5, 5.41) is 33.7. The molecule has 0 radical (unpaired) electrons. The summed E-state index contributed by atoms with van der Waals surface area (Å²) in [5.41, 5.74) is 1.74. The van der Waals surface area contributed by atoms with Crippen LogP contribution in [-0.4, -0.2) is 150 Å². The number of halogens is 3. The Morgan fingerprint density at radius 2 is 1.20 bits per heavy atom. The number of rotatable bonds is 19. The van der Waals surface area contributed by atoms with Crippen molar-refractivity contribution in [3.63, 3.8) is 0 Å². The third kappa shape index (κ3) is 22.8. The van der Waals surface area contributed by atoms with Gasteiger partial charge in [-0.05, 0) is 135 Å². The molecule has 2 saturated carbocycles. The molecule has 1 spiro atoms. The van der Waals surface area contributed by atoms with Gasteiger partial charge in [-0.3, -0.25) is 19.2 Å². The topological polar surface area (TPSA) is 266 Å². The van der Waals surface area contributed by atoms with Crippen molar-refractivity contribution in [2.45, 2.75) is 188 Å². The second kappa shape index (κ2) is 36.5. The van der Waals surface area contributed by atoms with Crippen LogP contribution in [0.4, 0.5) is 0 Å². The van der Waals surface area contributed by atoms with Crippen molar-refractivity contribution in [2.75, 3.05) is 47.1 Å². The standard InChI is InChI=1S/C30H42ClN3O6.C21H34N2O4.C9H9Cl2NO2.C9H11NO2/c1-6-39-24-13-12-20(15-21(24)31)22-16-30(40-33-22)17-23(28(37)38-5)34(18-30)27(36)26(29(2,3)4)32-25(35)14-19-10-8-7-9-11-19;1-14-11-16(20(26)27-5)23(13-14)19(25)18(21(2,3)4)22-17(24)12-15-9-7-6-8-10-15;1-2-14-8-4-3-6(5-7(8)10)9(11)12-13;1-2-12-9-5-3-8(4-6-9)7-10-11/h12-13,15,19,23,26H,6-11,14,16-18H2,1-5H3,(H,32,35);15-16,18H,1,6-13H2,2-5H3,(H,22,24);3-5,13H,2H2,1H3;3-7,11H,2H2,1H3/t23-,26+,30+;16-,18+;;/m00../s1. The smallest absolute Gasteiger partial charge is 0.328 e. The minimum absolute atomic E-state index is 0.00468. The van der Waals surface area contributed by atoms with Gasteiger partial charge in [0.2, 0.25) is 23.6 Å². The molecule has 2 aliphatic carbocycles. The number of likely N-dealkylation sites (tertiary alicyclic amines) is 2. The summed E-state index contributed by atoms with van der Waals surface area (Å²) in [6.45, 7) is 23.3. The van der Waals surface area contributed by atoms with E-state index in [0.29, 0.717) is 96.7 Å². The molecule has 4 fully saturated rings. The number of methoxy groups -OCH3 is 2. The van der Waals surface area contributed by atoms with Gasteiger partial charge in [-0.1, -0.05) is 142 Å². The van der Waals surface area contributed by atoms with Crippen LogP contribution in [0.15, 0.2) is 88.3 Å². The molecule has 0 aromatic heterocycles. The molecule has 3 aromatic rings. The van der Waals surface area contributed by atoms with Crippen molar-refractivity contribution in [3.8, 4) is 17.2 Å². The first-order valence-corrected chi connectivity index (χ1v) is 33.2. The summed E-state index contributed by atoms with van der Waals surface area (Å²) in [4.78, 5) is 87.0. The van der Waals surface area contributed by atoms with E-state index in [4.69, 9.17) is 73.7 Å². The third-order valence-corrected chi connectivity index (χ3v) is 17.6. The average Bonchev–Trinajstić information content (AvgIpc) is 1.61. The number of hydrogen-bond donors (Lipinski definition) is 4. The van der Waals surface area contributed by atoms with Gasteiger partial charge >= 0.3 is 11.9 Å². The van der Waals surface area contributed by atoms with E-state index in [1.54, 1.807) is 30.3 Å². The van der Waals surface area contributed by atoms with Crippen molar-refractivity contribution < 1.29 is 67.7 Å². The highest BCUT2D eigenvalue weighted by Crippen LogP contribution is 2.41. The van der Waals surface area contributed by atoms with Crippen LogP contribution in [0.1, 0.15) is 175 Å². The quantitative estimate of drug-likeness (QED) is 0.0286. The zero-order chi connectivity index (χ0) is 68.6. The van der Waals surface area contributed by atoms with E-state index in [0.717, 1.165) is 61.0 Å². The number of carbonyl (C=O) groups excluding carboxylic acids is 6. The highest BCUT2D eigenvalue weighted by molar-refractivity contribution is 6.69. The van der Waals surface area contributed by atoms with E-state index < -0.39 is 52.5 Å². The molecule has 3 heterocycles. The number of nitrogens with one attached hydrogen (secondary N) is 2. The predicted molar refractivity (Wildman–Crippen MR) is 360 cm³/mol. The molecule has 21 nitrogen and oxygen atoms in total. The summed E-state index contributed by atoms with van der Waals surface area (Å²) in [5.74, 6) is 1.02. The molecule has 4 amide bonds. The highest BCUT2D eigenvalue weighted by atomic mass is 35.5. The fraction of sp³-hybridized carbons (Fsp3) is 0.580. The van der Waals surface area contributed by atoms with Gasteiger partial charge in [0.25, 0.3) is 0 Å². The molecule has 2 saturated heterocycles. The number of benzene rings is 3. The molecule has 512 valence electrons. The Hall–Kier alpha value is -7.10. The van der Waals surface area contributed by atoms with Crippen molar-refractivity contribution in [1.82, 2.24) is 20.4 Å². The van der Waals surface area contributed by atoms with E-state index in [2.05, 4.69) is 32.7 Å². The number of hydrogen-bond acceptors (Lipinski definition) is 17. The lowest BCUT2D eigenvalue weighted by atomic mass is 9.84. The van der Waals surface area contributed by atoms with Crippen molar-refractivity contribution in [2.24, 2.45) is 38.1 Å². The summed E-state index contributed by atoms with van der Waals surface area (Å²) in [6, 6.07) is 14.7. The Kier molecular flexibility index (Phi) is 30.1. The number of oxime groups is 3. The van der Waals surface area contributed by atoms with Crippen molar-refractivity contribution in [3.05, 3.63) is 99.6 Å². The Labute approximate surface area is 563 Å². The number of carbonyl (C=O) groups is 6. The van der Waals surface area contributed by atoms with Gasteiger partial charge in [0, 0.05) is 49.8 Å². The minimum atomic E-state index is -0.885. The molecule has 4 N–H and O–H groups in total. The molecular weight excluding hydrogens is 1260 g/mol. The van der Waals surface area contributed by atoms with Gasteiger partial charge in [0.05, 0.1) is 62.6 Å². The van der Waals surface area contributed by atoms with Crippen molar-refractivity contribution in [1.29, 1.82) is 0 Å². The van der Waals surface area contributed by atoms with E-state index in [1.165, 1.54) is 55.9 Å². The molecule has 24 heteroatoms. The highest BCUT2D eigenvalue weighted by Gasteiger charge is 2.56. The first-order chi connectivity index (χ1) is 44.1. The van der Waals surface area contributed by atoms with Crippen LogP contribution >= 0.6 is 34.8 Å². The molecule has 93 heavy (non-hydrogen) atoms. The fourth-order valence-corrected chi connectivity index (χ4v) is 12.5. The van der Waals surface area contributed by atoms with Gasteiger partial charge in [0.15, 0.2) is 10.8 Å². The number of ether oxygens (including phenoxy) is 5. The molecule has 3 aliphatic heterocycles. The lowest BCUT2D eigenvalue weighted by Gasteiger charge is -2.35. The lowest BCUT2D eigenvalue weighted by Crippen LogP contribution is -2.57. The number of nitrogens with zero attached hydrogens (tertiary/aromatic N) is 5. The van der Waals surface area contributed by atoms with Crippen LogP contribution < -0.4 is 24.8 Å². The van der Waals surface area contributed by atoms with E-state index in [1.807, 2.05) is 92.6 Å². The van der Waals surface area contributed by atoms with Gasteiger partial charge in [-0.15, -0.1) is 0 Å². The van der Waals surface area contributed by atoms with Crippen LogP contribution in [0, 0.1) is 22.7 Å². The van der Waals surface area contributed by atoms with Crippen LogP contribution in [0.3, 0.4) is 0 Å². The average molecular weight is 1350 g/mol. The Morgan fingerprint density at radius 3 is 1.67 bits per heavy atom. The minimum Gasteiger partial charge on any atom is -0.494 e. The van der Waals surface area contributed by atoms with Gasteiger partial charge in [-0.25, -0.2) is 9.59 Å². The van der Waals surface area contributed by atoms with E-state index in [-0.39, 0.29) is 41.8 Å². The maximum Gasteiger partial charge on any atom is 0.328 e. The first kappa shape index (κ1) is 76.6. The fourth-order valence-electron chi connectivity index (χ4n) is 11.9. The van der Waals surface area contributed by atoms with Crippen LogP contribution in [0.5, 0.6) is 17.2 Å². The molecule has 3 aromatic carbocycles. The van der Waals surface area contributed by atoms with Gasteiger partial charge in [0.1, 0.15) is 41.4 Å². The maximum atomic E-state index is 14.1. The second-order valence-electron chi connectivity index (χ2n) is 26.1. The zero-order valence-electron chi connectivity index (χ0n) is 55.8. The Balaban J connectivity index is 0.000000252.